The van der Waals surface area contributed by atoms with Crippen LogP contribution in [0.25, 0.3) is 0 Å². The Hall–Kier alpha value is -0.300. The minimum Gasteiger partial charge on any atom is -0.330 e. The van der Waals surface area contributed by atoms with Crippen molar-refractivity contribution in [1.82, 2.24) is 0 Å². The second-order valence-electron chi connectivity index (χ2n) is 2.26. The Bertz CT molecular complexity index is 221. The second-order valence-corrected chi connectivity index (χ2v) is 4.36. The van der Waals surface area contributed by atoms with Gasteiger partial charge in [0.2, 0.25) is 9.84 Å². The fourth-order valence-electron chi connectivity index (χ4n) is 0.552. The van der Waals surface area contributed by atoms with Gasteiger partial charge in [0.15, 0.2) is 0 Å². The molecule has 0 unspecified atom stereocenters. The molecule has 7 heteroatoms. The van der Waals surface area contributed by atoms with Gasteiger partial charge in [-0.3, -0.25) is 0 Å². The third kappa shape index (κ3) is 3.40. The van der Waals surface area contributed by atoms with Crippen LogP contribution in [0.2, 0.25) is 0 Å². The first-order valence-electron chi connectivity index (χ1n) is 3.30. The van der Waals surface area contributed by atoms with Gasteiger partial charge >= 0.3 is 5.51 Å². The van der Waals surface area contributed by atoms with E-state index in [-0.39, 0.29) is 19.4 Å². The Labute approximate surface area is 68.7 Å². The fraction of sp³-hybridized carbons (Fsp3) is 1.00. The van der Waals surface area contributed by atoms with Crippen molar-refractivity contribution >= 4 is 9.84 Å². The van der Waals surface area contributed by atoms with Crippen LogP contribution in [0.15, 0.2) is 0 Å². The largest absolute Gasteiger partial charge is 0.497 e. The summed E-state index contributed by atoms with van der Waals surface area (Å²) in [6.07, 6.45) is 0.244. The molecule has 0 heterocycles. The molecule has 0 atom stereocenters. The highest BCUT2D eigenvalue weighted by molar-refractivity contribution is 7.92. The fourth-order valence-corrected chi connectivity index (χ4v) is 1.37. The molecule has 3 nitrogen and oxygen atoms in total. The smallest absolute Gasteiger partial charge is 0.330 e. The molecule has 0 aliphatic carbocycles. The Kier molecular flexibility index (Phi) is 3.98. The van der Waals surface area contributed by atoms with Gasteiger partial charge in [-0.25, -0.2) is 8.42 Å². The maximum absolute atomic E-state index is 11.6. The van der Waals surface area contributed by atoms with Gasteiger partial charge in [-0.05, 0) is 19.4 Å². The van der Waals surface area contributed by atoms with Gasteiger partial charge in [-0.15, -0.1) is 0 Å². The Morgan fingerprint density at radius 1 is 1.17 bits per heavy atom. The molecule has 0 aliphatic heterocycles. The van der Waals surface area contributed by atoms with Crippen molar-refractivity contribution in [2.75, 3.05) is 12.3 Å². The minimum absolute atomic E-state index is 0.0433. The summed E-state index contributed by atoms with van der Waals surface area (Å²) >= 11 is 0. The molecule has 0 bridgehead atoms. The first-order valence-corrected chi connectivity index (χ1v) is 4.95. The van der Waals surface area contributed by atoms with Gasteiger partial charge in [0.05, 0.1) is 5.75 Å². The summed E-state index contributed by atoms with van der Waals surface area (Å²) in [5.41, 5.74) is -0.133. The van der Waals surface area contributed by atoms with E-state index >= 15 is 0 Å². The summed E-state index contributed by atoms with van der Waals surface area (Å²) in [6, 6.07) is 0. The molecule has 0 saturated heterocycles. The molecule has 0 spiro atoms. The average Bonchev–Trinajstić information content (AvgIpc) is 1.85. The molecular weight excluding hydrogens is 195 g/mol. The first kappa shape index (κ1) is 11.7. The molecule has 0 aromatic rings. The lowest BCUT2D eigenvalue weighted by Gasteiger charge is -2.06. The number of rotatable bonds is 4. The van der Waals surface area contributed by atoms with E-state index in [1.807, 2.05) is 0 Å². The Balaban J connectivity index is 4.08. The summed E-state index contributed by atoms with van der Waals surface area (Å²) in [5, 5.41) is 0. The highest BCUT2D eigenvalue weighted by Crippen LogP contribution is 2.24. The van der Waals surface area contributed by atoms with Crippen LogP contribution in [0.3, 0.4) is 0 Å². The van der Waals surface area contributed by atoms with E-state index in [2.05, 4.69) is 0 Å². The monoisotopic (exact) mass is 205 g/mol. The van der Waals surface area contributed by atoms with E-state index in [1.165, 1.54) is 0 Å². The van der Waals surface area contributed by atoms with Crippen LogP contribution in [0.4, 0.5) is 13.2 Å². The van der Waals surface area contributed by atoms with Crippen LogP contribution >= 0.6 is 0 Å². The number of alkyl halides is 3. The molecule has 2 N–H and O–H groups in total. The SMILES string of the molecule is NCCCCS(=O)(=O)C(F)(F)F. The molecule has 0 aromatic carbocycles. The Morgan fingerprint density at radius 3 is 2.00 bits per heavy atom. The lowest BCUT2D eigenvalue weighted by molar-refractivity contribution is -0.0435. The number of unbranched alkanes of at least 4 members (excludes halogenated alkanes) is 1. The van der Waals surface area contributed by atoms with Crippen LogP contribution in [-0.4, -0.2) is 26.2 Å². The summed E-state index contributed by atoms with van der Waals surface area (Å²) in [6.45, 7) is 0.202. The molecule has 0 radical (unpaired) electrons. The zero-order valence-electron chi connectivity index (χ0n) is 6.26. The van der Waals surface area contributed by atoms with Crippen molar-refractivity contribution in [3.8, 4) is 0 Å². The van der Waals surface area contributed by atoms with Gasteiger partial charge in [0.1, 0.15) is 0 Å². The van der Waals surface area contributed by atoms with Gasteiger partial charge in [0, 0.05) is 0 Å². The third-order valence-corrected chi connectivity index (χ3v) is 2.75. The molecule has 0 rings (SSSR count). The third-order valence-electron chi connectivity index (χ3n) is 1.22. The normalized spacial score (nSPS) is 13.3. The van der Waals surface area contributed by atoms with Crippen molar-refractivity contribution in [3.63, 3.8) is 0 Å². The van der Waals surface area contributed by atoms with Crippen LogP contribution in [0.1, 0.15) is 12.8 Å². The van der Waals surface area contributed by atoms with Crippen LogP contribution in [-0.2, 0) is 9.84 Å². The van der Waals surface area contributed by atoms with Gasteiger partial charge in [-0.1, -0.05) is 0 Å². The van der Waals surface area contributed by atoms with Gasteiger partial charge in [-0.2, -0.15) is 13.2 Å². The van der Waals surface area contributed by atoms with Crippen molar-refractivity contribution in [1.29, 1.82) is 0 Å². The average molecular weight is 205 g/mol. The number of hydrogen-bond acceptors (Lipinski definition) is 3. The van der Waals surface area contributed by atoms with Crippen LogP contribution in [0, 0.1) is 0 Å². The van der Waals surface area contributed by atoms with Gasteiger partial charge < -0.3 is 5.73 Å². The maximum Gasteiger partial charge on any atom is 0.497 e. The van der Waals surface area contributed by atoms with Crippen molar-refractivity contribution in [3.05, 3.63) is 0 Å². The van der Waals surface area contributed by atoms with Crippen LogP contribution in [0.5, 0.6) is 0 Å². The summed E-state index contributed by atoms with van der Waals surface area (Å²) in [7, 11) is -4.93. The molecule has 0 fully saturated rings. The second kappa shape index (κ2) is 4.08. The number of sulfone groups is 1. The standard InChI is InChI=1S/C5H10F3NO2S/c6-5(7,8)12(10,11)4-2-1-3-9/h1-4,9H2. The van der Waals surface area contributed by atoms with Crippen molar-refractivity contribution in [2.45, 2.75) is 18.3 Å². The number of nitrogens with two attached hydrogens (primary N) is 1. The van der Waals surface area contributed by atoms with Crippen molar-refractivity contribution in [2.24, 2.45) is 5.73 Å². The molecule has 0 aliphatic rings. The lowest BCUT2D eigenvalue weighted by atomic mass is 10.3. The van der Waals surface area contributed by atoms with Crippen molar-refractivity contribution < 1.29 is 21.6 Å². The summed E-state index contributed by atoms with van der Waals surface area (Å²) in [4.78, 5) is 0. The van der Waals surface area contributed by atoms with E-state index < -0.39 is 21.1 Å². The highest BCUT2D eigenvalue weighted by atomic mass is 32.2. The Morgan fingerprint density at radius 2 is 1.67 bits per heavy atom. The molecule has 0 aromatic heterocycles. The maximum atomic E-state index is 11.6. The van der Waals surface area contributed by atoms with Crippen LogP contribution < -0.4 is 5.73 Å². The van der Waals surface area contributed by atoms with E-state index in [0.29, 0.717) is 0 Å². The predicted octanol–water partition coefficient (Wildman–Crippen LogP) is 0.660. The first-order chi connectivity index (χ1) is 5.31. The zero-order chi connectivity index (χ0) is 9.83. The van der Waals surface area contributed by atoms with E-state index in [9.17, 15) is 21.6 Å². The van der Waals surface area contributed by atoms with E-state index in [1.54, 1.807) is 0 Å². The quantitative estimate of drug-likeness (QED) is 0.686. The zero-order valence-corrected chi connectivity index (χ0v) is 7.08. The van der Waals surface area contributed by atoms with Gasteiger partial charge in [0.25, 0.3) is 0 Å². The summed E-state index contributed by atoms with van der Waals surface area (Å²) < 4.78 is 55.6. The predicted molar refractivity (Wildman–Crippen MR) is 38.1 cm³/mol. The molecular formula is C5H10F3NO2S. The minimum atomic E-state index is -5.12. The topological polar surface area (TPSA) is 60.2 Å². The number of halogens is 3. The molecule has 74 valence electrons. The number of hydrogen-bond donors (Lipinski definition) is 1. The molecule has 0 amide bonds. The molecule has 0 saturated carbocycles. The highest BCUT2D eigenvalue weighted by Gasteiger charge is 2.44. The molecule has 12 heavy (non-hydrogen) atoms. The van der Waals surface area contributed by atoms with E-state index in [0.717, 1.165) is 0 Å². The summed E-state index contributed by atoms with van der Waals surface area (Å²) in [5.74, 6) is -0.867. The lowest BCUT2D eigenvalue weighted by Crippen LogP contribution is -2.26. The van der Waals surface area contributed by atoms with E-state index in [4.69, 9.17) is 5.73 Å².